The number of imidazole rings is 1. The Kier molecular flexibility index (Phi) is 2.24. The second-order valence-electron chi connectivity index (χ2n) is 3.14. The molecule has 2 aromatic rings. The maximum atomic E-state index is 10.5. The first-order valence-corrected chi connectivity index (χ1v) is 4.30. The summed E-state index contributed by atoms with van der Waals surface area (Å²) in [7, 11) is 1.75. The lowest BCUT2D eigenvalue weighted by molar-refractivity contribution is -0.136. The number of aliphatic carboxylic acids is 1. The van der Waals surface area contributed by atoms with E-state index in [4.69, 9.17) is 5.11 Å². The van der Waals surface area contributed by atoms with Crippen molar-refractivity contribution in [3.8, 4) is 11.3 Å². The van der Waals surface area contributed by atoms with Crippen molar-refractivity contribution < 1.29 is 14.4 Å². The average molecular weight is 207 g/mol. The molecule has 6 nitrogen and oxygen atoms in total. The number of nitrogens with zero attached hydrogens (tertiary/aromatic N) is 3. The first-order chi connectivity index (χ1) is 7.16. The van der Waals surface area contributed by atoms with Crippen molar-refractivity contribution in [2.45, 2.75) is 6.42 Å². The van der Waals surface area contributed by atoms with E-state index in [-0.39, 0.29) is 6.42 Å². The van der Waals surface area contributed by atoms with Crippen LogP contribution in [0.15, 0.2) is 23.2 Å². The van der Waals surface area contributed by atoms with E-state index in [1.165, 1.54) is 12.5 Å². The standard InChI is InChI=1S/C9H9N3O3/c1-12-4-7(6-3-10-15-5-6)11-8(12)2-9(13)14/h3-5H,2H2,1H3,(H,13,14). The summed E-state index contributed by atoms with van der Waals surface area (Å²) in [6.45, 7) is 0. The van der Waals surface area contributed by atoms with E-state index in [9.17, 15) is 4.79 Å². The molecule has 0 spiro atoms. The number of aryl methyl sites for hydroxylation is 1. The van der Waals surface area contributed by atoms with Gasteiger partial charge in [-0.15, -0.1) is 0 Å². The highest BCUT2D eigenvalue weighted by atomic mass is 16.5. The minimum absolute atomic E-state index is 0.0955. The van der Waals surface area contributed by atoms with Crippen LogP contribution in [0.3, 0.4) is 0 Å². The fourth-order valence-corrected chi connectivity index (χ4v) is 1.27. The zero-order valence-electron chi connectivity index (χ0n) is 8.04. The average Bonchev–Trinajstić information content (AvgIpc) is 2.75. The lowest BCUT2D eigenvalue weighted by atomic mass is 10.3. The van der Waals surface area contributed by atoms with Gasteiger partial charge in [-0.2, -0.15) is 0 Å². The molecule has 0 radical (unpaired) electrons. The largest absolute Gasteiger partial charge is 0.481 e. The zero-order valence-corrected chi connectivity index (χ0v) is 8.04. The van der Waals surface area contributed by atoms with Gasteiger partial charge in [0.2, 0.25) is 0 Å². The minimum Gasteiger partial charge on any atom is -0.481 e. The van der Waals surface area contributed by atoms with Crippen LogP contribution in [-0.2, 0) is 18.3 Å². The second kappa shape index (κ2) is 3.56. The van der Waals surface area contributed by atoms with Crippen LogP contribution >= 0.6 is 0 Å². The lowest BCUT2D eigenvalue weighted by Crippen LogP contribution is -2.05. The molecule has 2 heterocycles. The van der Waals surface area contributed by atoms with Crippen LogP contribution < -0.4 is 0 Å². The van der Waals surface area contributed by atoms with Gasteiger partial charge in [0.15, 0.2) is 0 Å². The van der Waals surface area contributed by atoms with Gasteiger partial charge in [0.25, 0.3) is 0 Å². The Morgan fingerprint density at radius 1 is 1.67 bits per heavy atom. The quantitative estimate of drug-likeness (QED) is 0.801. The number of hydrogen-bond donors (Lipinski definition) is 1. The summed E-state index contributed by atoms with van der Waals surface area (Å²) in [5.41, 5.74) is 1.40. The first-order valence-electron chi connectivity index (χ1n) is 4.30. The highest BCUT2D eigenvalue weighted by Gasteiger charge is 2.11. The smallest absolute Gasteiger partial charge is 0.311 e. The summed E-state index contributed by atoms with van der Waals surface area (Å²) in [6, 6.07) is 0. The molecule has 15 heavy (non-hydrogen) atoms. The van der Waals surface area contributed by atoms with Gasteiger partial charge in [-0.3, -0.25) is 4.79 Å². The first kappa shape index (κ1) is 9.45. The van der Waals surface area contributed by atoms with E-state index in [1.807, 2.05) is 0 Å². The molecule has 0 unspecified atom stereocenters. The molecule has 6 heteroatoms. The summed E-state index contributed by atoms with van der Waals surface area (Å²) in [6.07, 6.45) is 4.65. The van der Waals surface area contributed by atoms with Crippen molar-refractivity contribution in [2.24, 2.45) is 7.05 Å². The number of carbonyl (C=O) groups is 1. The number of carboxylic acids is 1. The fraction of sp³-hybridized carbons (Fsp3) is 0.222. The summed E-state index contributed by atoms with van der Waals surface area (Å²) in [5.74, 6) is -0.403. The van der Waals surface area contributed by atoms with Crippen LogP contribution in [0.4, 0.5) is 0 Å². The second-order valence-corrected chi connectivity index (χ2v) is 3.14. The van der Waals surface area contributed by atoms with E-state index < -0.39 is 5.97 Å². The molecule has 0 aliphatic rings. The van der Waals surface area contributed by atoms with Crippen LogP contribution in [0.2, 0.25) is 0 Å². The van der Waals surface area contributed by atoms with Crippen LogP contribution in [-0.4, -0.2) is 25.8 Å². The topological polar surface area (TPSA) is 81.2 Å². The summed E-state index contributed by atoms with van der Waals surface area (Å²) < 4.78 is 6.36. The van der Waals surface area contributed by atoms with Gasteiger partial charge in [-0.05, 0) is 0 Å². The Morgan fingerprint density at radius 2 is 2.47 bits per heavy atom. The molecule has 0 fully saturated rings. The van der Waals surface area contributed by atoms with Gasteiger partial charge in [-0.1, -0.05) is 5.16 Å². The fourth-order valence-electron chi connectivity index (χ4n) is 1.27. The summed E-state index contributed by atoms with van der Waals surface area (Å²) in [5, 5.41) is 12.2. The Labute approximate surface area is 85.1 Å². The molecule has 78 valence electrons. The molecule has 2 aromatic heterocycles. The van der Waals surface area contributed by atoms with Crippen molar-refractivity contribution in [1.29, 1.82) is 0 Å². The molecule has 0 atom stereocenters. The van der Waals surface area contributed by atoms with Crippen molar-refractivity contribution in [2.75, 3.05) is 0 Å². The van der Waals surface area contributed by atoms with E-state index in [1.54, 1.807) is 17.8 Å². The van der Waals surface area contributed by atoms with Gasteiger partial charge in [-0.25, -0.2) is 4.98 Å². The highest BCUT2D eigenvalue weighted by molar-refractivity contribution is 5.69. The van der Waals surface area contributed by atoms with Crippen molar-refractivity contribution >= 4 is 5.97 Å². The molecule has 1 N–H and O–H groups in total. The maximum absolute atomic E-state index is 10.5. The third kappa shape index (κ3) is 1.88. The van der Waals surface area contributed by atoms with Gasteiger partial charge < -0.3 is 14.2 Å². The zero-order chi connectivity index (χ0) is 10.8. The van der Waals surface area contributed by atoms with Crippen LogP contribution in [0.5, 0.6) is 0 Å². The third-order valence-corrected chi connectivity index (χ3v) is 2.01. The lowest BCUT2D eigenvalue weighted by Gasteiger charge is -1.94. The molecule has 0 saturated heterocycles. The molecule has 0 amide bonds. The van der Waals surface area contributed by atoms with E-state index >= 15 is 0 Å². The molecule has 0 saturated carbocycles. The summed E-state index contributed by atoms with van der Waals surface area (Å²) in [4.78, 5) is 14.7. The van der Waals surface area contributed by atoms with Crippen molar-refractivity contribution in [3.05, 3.63) is 24.5 Å². The number of rotatable bonds is 3. The molecule has 0 aliphatic carbocycles. The number of carboxylic acid groups (broad SMARTS) is 1. The van der Waals surface area contributed by atoms with Gasteiger partial charge >= 0.3 is 5.97 Å². The van der Waals surface area contributed by atoms with Crippen LogP contribution in [0.1, 0.15) is 5.82 Å². The Morgan fingerprint density at radius 3 is 3.07 bits per heavy atom. The van der Waals surface area contributed by atoms with Crippen molar-refractivity contribution in [1.82, 2.24) is 14.7 Å². The molecule has 2 rings (SSSR count). The molecule has 0 bridgehead atoms. The normalized spacial score (nSPS) is 10.5. The predicted octanol–water partition coefficient (Wildman–Crippen LogP) is 0.702. The van der Waals surface area contributed by atoms with Crippen LogP contribution in [0, 0.1) is 0 Å². The molecular formula is C9H9N3O3. The molecule has 0 aliphatic heterocycles. The van der Waals surface area contributed by atoms with Gasteiger partial charge in [0, 0.05) is 13.2 Å². The Balaban J connectivity index is 2.33. The summed E-state index contributed by atoms with van der Waals surface area (Å²) >= 11 is 0. The molecular weight excluding hydrogens is 198 g/mol. The maximum Gasteiger partial charge on any atom is 0.311 e. The van der Waals surface area contributed by atoms with Crippen molar-refractivity contribution in [3.63, 3.8) is 0 Å². The Bertz CT molecular complexity index is 473. The van der Waals surface area contributed by atoms with E-state index in [2.05, 4.69) is 14.7 Å². The monoisotopic (exact) mass is 207 g/mol. The van der Waals surface area contributed by atoms with Gasteiger partial charge in [0.05, 0.1) is 17.5 Å². The van der Waals surface area contributed by atoms with E-state index in [0.717, 1.165) is 5.56 Å². The van der Waals surface area contributed by atoms with E-state index in [0.29, 0.717) is 11.5 Å². The third-order valence-electron chi connectivity index (χ3n) is 2.01. The number of hydrogen-bond acceptors (Lipinski definition) is 4. The number of aromatic nitrogens is 3. The minimum atomic E-state index is -0.902. The molecule has 0 aromatic carbocycles. The predicted molar refractivity (Wildman–Crippen MR) is 50.0 cm³/mol. The Hall–Kier alpha value is -2.11. The highest BCUT2D eigenvalue weighted by Crippen LogP contribution is 2.17. The van der Waals surface area contributed by atoms with Gasteiger partial charge in [0.1, 0.15) is 18.5 Å². The SMILES string of the molecule is Cn1cc(-c2cnoc2)nc1CC(=O)O. The van der Waals surface area contributed by atoms with Crippen LogP contribution in [0.25, 0.3) is 11.3 Å².